The summed E-state index contributed by atoms with van der Waals surface area (Å²) in [6.07, 6.45) is 1.28. The molecule has 1 aliphatic heterocycles. The topological polar surface area (TPSA) is 90.7 Å². The first-order chi connectivity index (χ1) is 11.8. The lowest BCUT2D eigenvalue weighted by atomic mass is 10.0. The Bertz CT molecular complexity index is 821. The van der Waals surface area contributed by atoms with Crippen LogP contribution in [0.15, 0.2) is 40.6 Å². The van der Waals surface area contributed by atoms with Crippen LogP contribution in [0.5, 0.6) is 0 Å². The maximum atomic E-state index is 11.9. The minimum atomic E-state index is -1.25. The van der Waals surface area contributed by atoms with Crippen LogP contribution in [0.2, 0.25) is 0 Å². The molecule has 3 rings (SSSR count). The van der Waals surface area contributed by atoms with Gasteiger partial charge in [-0.25, -0.2) is 9.59 Å². The third-order valence-corrected chi connectivity index (χ3v) is 3.71. The van der Waals surface area contributed by atoms with Gasteiger partial charge in [0.2, 0.25) is 0 Å². The highest BCUT2D eigenvalue weighted by Crippen LogP contribution is 2.28. The highest BCUT2D eigenvalue weighted by molar-refractivity contribution is 6.15. The normalized spacial score (nSPS) is 16.2. The molecular formula is C18H18N2O5. The van der Waals surface area contributed by atoms with Crippen LogP contribution in [0.1, 0.15) is 25.3 Å². The van der Waals surface area contributed by atoms with E-state index in [2.05, 4.69) is 10.5 Å². The molecule has 0 spiro atoms. The summed E-state index contributed by atoms with van der Waals surface area (Å²) < 4.78 is 15.2. The molecule has 0 saturated carbocycles. The summed E-state index contributed by atoms with van der Waals surface area (Å²) >= 11 is 0. The van der Waals surface area contributed by atoms with Gasteiger partial charge >= 0.3 is 11.9 Å². The van der Waals surface area contributed by atoms with Crippen molar-refractivity contribution in [3.8, 4) is 11.1 Å². The third kappa shape index (κ3) is 3.40. The van der Waals surface area contributed by atoms with Crippen LogP contribution < -0.4 is 5.32 Å². The van der Waals surface area contributed by atoms with E-state index in [9.17, 15) is 9.59 Å². The number of benzene rings is 1. The first kappa shape index (κ1) is 16.8. The molecule has 1 aromatic carbocycles. The fourth-order valence-corrected chi connectivity index (χ4v) is 2.56. The zero-order valence-corrected chi connectivity index (χ0v) is 14.4. The van der Waals surface area contributed by atoms with Crippen molar-refractivity contribution in [1.82, 2.24) is 5.16 Å². The van der Waals surface area contributed by atoms with E-state index in [0.29, 0.717) is 5.69 Å². The van der Waals surface area contributed by atoms with Gasteiger partial charge in [-0.15, -0.1) is 0 Å². The first-order valence-corrected chi connectivity index (χ1v) is 7.73. The van der Waals surface area contributed by atoms with Crippen molar-refractivity contribution in [2.24, 2.45) is 0 Å². The smallest absolute Gasteiger partial charge is 0.350 e. The number of aryl methyl sites for hydroxylation is 2. The van der Waals surface area contributed by atoms with E-state index < -0.39 is 17.7 Å². The van der Waals surface area contributed by atoms with Crippen molar-refractivity contribution >= 4 is 17.6 Å². The van der Waals surface area contributed by atoms with E-state index in [4.69, 9.17) is 14.0 Å². The standard InChI is InChI=1S/C18H18N2O5/c1-10-15(11(2)25-20-10)12-5-7-13(8-6-12)19-9-14-16(21)23-18(3,4)24-17(14)22/h5-9,19H,1-4H3. The molecule has 1 fully saturated rings. The van der Waals surface area contributed by atoms with Gasteiger partial charge in [-0.1, -0.05) is 17.3 Å². The number of esters is 2. The molecule has 0 aliphatic carbocycles. The molecule has 1 N–H and O–H groups in total. The SMILES string of the molecule is Cc1noc(C)c1-c1ccc(NC=C2C(=O)OC(C)(C)OC2=O)cc1. The lowest BCUT2D eigenvalue weighted by Crippen LogP contribution is -2.42. The number of hydrogen-bond acceptors (Lipinski definition) is 7. The maximum absolute atomic E-state index is 11.9. The molecule has 0 atom stereocenters. The summed E-state index contributed by atoms with van der Waals surface area (Å²) in [6.45, 7) is 6.73. The van der Waals surface area contributed by atoms with E-state index in [1.165, 1.54) is 20.0 Å². The van der Waals surface area contributed by atoms with Crippen molar-refractivity contribution in [3.05, 3.63) is 47.5 Å². The summed E-state index contributed by atoms with van der Waals surface area (Å²) in [5, 5.41) is 6.84. The predicted octanol–water partition coefficient (Wildman–Crippen LogP) is 3.09. The number of rotatable bonds is 3. The number of nitrogens with one attached hydrogen (secondary N) is 1. The summed E-state index contributed by atoms with van der Waals surface area (Å²) in [6, 6.07) is 7.44. The lowest BCUT2D eigenvalue weighted by Gasteiger charge is -2.29. The molecule has 130 valence electrons. The minimum absolute atomic E-state index is 0.186. The van der Waals surface area contributed by atoms with E-state index in [1.54, 1.807) is 0 Å². The highest BCUT2D eigenvalue weighted by atomic mass is 16.7. The number of carbonyl (C=O) groups excluding carboxylic acids is 2. The number of nitrogens with zero attached hydrogens (tertiary/aromatic N) is 1. The molecule has 0 amide bonds. The summed E-state index contributed by atoms with van der Waals surface area (Å²) in [5.41, 5.74) is 3.25. The molecule has 7 heteroatoms. The lowest BCUT2D eigenvalue weighted by molar-refractivity contribution is -0.222. The molecule has 1 saturated heterocycles. The van der Waals surface area contributed by atoms with Crippen LogP contribution in [0.3, 0.4) is 0 Å². The van der Waals surface area contributed by atoms with Gasteiger partial charge in [0.25, 0.3) is 5.79 Å². The average molecular weight is 342 g/mol. The van der Waals surface area contributed by atoms with Crippen LogP contribution in [0.25, 0.3) is 11.1 Å². The number of hydrogen-bond donors (Lipinski definition) is 1. The average Bonchev–Trinajstić information content (AvgIpc) is 2.85. The second-order valence-corrected chi connectivity index (χ2v) is 6.16. The number of cyclic esters (lactones) is 2. The number of aromatic nitrogens is 1. The zero-order valence-electron chi connectivity index (χ0n) is 14.4. The first-order valence-electron chi connectivity index (χ1n) is 7.73. The molecule has 0 bridgehead atoms. The highest BCUT2D eigenvalue weighted by Gasteiger charge is 2.38. The Morgan fingerprint density at radius 3 is 2.16 bits per heavy atom. The summed E-state index contributed by atoms with van der Waals surface area (Å²) in [5.74, 6) is -1.94. The molecule has 0 radical (unpaired) electrons. The molecule has 2 aromatic rings. The largest absolute Gasteiger partial charge is 0.419 e. The Morgan fingerprint density at radius 2 is 1.64 bits per heavy atom. The Hall–Kier alpha value is -3.09. The fraction of sp³-hybridized carbons (Fsp3) is 0.278. The van der Waals surface area contributed by atoms with Crippen molar-refractivity contribution in [2.45, 2.75) is 33.5 Å². The van der Waals surface area contributed by atoms with Crippen LogP contribution >= 0.6 is 0 Å². The van der Waals surface area contributed by atoms with Crippen LogP contribution in [0.4, 0.5) is 5.69 Å². The van der Waals surface area contributed by atoms with Gasteiger partial charge in [0.15, 0.2) is 5.57 Å². The van der Waals surface area contributed by atoms with Gasteiger partial charge in [0, 0.05) is 31.3 Å². The van der Waals surface area contributed by atoms with E-state index in [1.807, 2.05) is 38.1 Å². The molecule has 2 heterocycles. The fourth-order valence-electron chi connectivity index (χ4n) is 2.56. The van der Waals surface area contributed by atoms with Crippen molar-refractivity contribution in [1.29, 1.82) is 0 Å². The second kappa shape index (κ2) is 6.08. The van der Waals surface area contributed by atoms with E-state index in [0.717, 1.165) is 22.6 Å². The van der Waals surface area contributed by atoms with Gasteiger partial charge in [-0.3, -0.25) is 0 Å². The molecule has 1 aromatic heterocycles. The number of carbonyl (C=O) groups is 2. The maximum Gasteiger partial charge on any atom is 0.350 e. The predicted molar refractivity (Wildman–Crippen MR) is 89.4 cm³/mol. The monoisotopic (exact) mass is 342 g/mol. The van der Waals surface area contributed by atoms with Crippen molar-refractivity contribution in [2.75, 3.05) is 5.32 Å². The Labute approximate surface area is 144 Å². The summed E-state index contributed by atoms with van der Waals surface area (Å²) in [7, 11) is 0. The molecular weight excluding hydrogens is 324 g/mol. The second-order valence-electron chi connectivity index (χ2n) is 6.16. The van der Waals surface area contributed by atoms with E-state index >= 15 is 0 Å². The van der Waals surface area contributed by atoms with Gasteiger partial charge in [-0.2, -0.15) is 0 Å². The van der Waals surface area contributed by atoms with Gasteiger partial charge in [-0.05, 0) is 31.5 Å². The molecule has 7 nitrogen and oxygen atoms in total. The number of anilines is 1. The van der Waals surface area contributed by atoms with Crippen LogP contribution in [-0.2, 0) is 19.1 Å². The minimum Gasteiger partial charge on any atom is -0.419 e. The quantitative estimate of drug-likeness (QED) is 0.521. The van der Waals surface area contributed by atoms with E-state index in [-0.39, 0.29) is 5.57 Å². The Balaban J connectivity index is 1.76. The molecule has 0 unspecified atom stereocenters. The van der Waals surface area contributed by atoms with Gasteiger partial charge < -0.3 is 19.3 Å². The zero-order chi connectivity index (χ0) is 18.2. The number of ether oxygens (including phenoxy) is 2. The van der Waals surface area contributed by atoms with Crippen molar-refractivity contribution < 1.29 is 23.6 Å². The van der Waals surface area contributed by atoms with Gasteiger partial charge in [0.1, 0.15) is 5.76 Å². The van der Waals surface area contributed by atoms with Crippen LogP contribution in [-0.4, -0.2) is 22.9 Å². The van der Waals surface area contributed by atoms with Gasteiger partial charge in [0.05, 0.1) is 5.69 Å². The Morgan fingerprint density at radius 1 is 1.04 bits per heavy atom. The van der Waals surface area contributed by atoms with Crippen LogP contribution in [0, 0.1) is 13.8 Å². The molecule has 25 heavy (non-hydrogen) atoms. The van der Waals surface area contributed by atoms with Crippen molar-refractivity contribution in [3.63, 3.8) is 0 Å². The third-order valence-electron chi connectivity index (χ3n) is 3.71. The Kier molecular flexibility index (Phi) is 4.08. The molecule has 1 aliphatic rings. The summed E-state index contributed by atoms with van der Waals surface area (Å²) in [4.78, 5) is 23.8.